The Morgan fingerprint density at radius 3 is 1.53 bits per heavy atom. The Bertz CT molecular complexity index is 819. The van der Waals surface area contributed by atoms with Crippen molar-refractivity contribution in [2.75, 3.05) is 13.7 Å². The van der Waals surface area contributed by atoms with Crippen LogP contribution in [0.3, 0.4) is 0 Å². The number of benzene rings is 3. The summed E-state index contributed by atoms with van der Waals surface area (Å²) in [5.41, 5.74) is 1.96. The van der Waals surface area contributed by atoms with E-state index in [9.17, 15) is 10.2 Å². The number of methoxy groups -OCH3 is 1. The average Bonchev–Trinajstić information content (AvgIpc) is 3.09. The van der Waals surface area contributed by atoms with Gasteiger partial charge in [-0.1, -0.05) is 91.0 Å². The quantitative estimate of drug-likeness (QED) is 0.590. The first kappa shape index (κ1) is 20.7. The molecule has 30 heavy (non-hydrogen) atoms. The lowest BCUT2D eigenvalue weighted by Gasteiger charge is -2.37. The average molecular weight is 406 g/mol. The largest absolute Gasteiger partial charge is 0.387 e. The summed E-state index contributed by atoms with van der Waals surface area (Å²) < 4.78 is 17.4. The lowest BCUT2D eigenvalue weighted by atomic mass is 9.80. The first-order valence-corrected chi connectivity index (χ1v) is 10.0. The van der Waals surface area contributed by atoms with Crippen molar-refractivity contribution in [2.24, 2.45) is 0 Å². The van der Waals surface area contributed by atoms with Gasteiger partial charge < -0.3 is 24.4 Å². The van der Waals surface area contributed by atoms with Gasteiger partial charge in [0, 0.05) is 7.11 Å². The number of hydrogen-bond acceptors (Lipinski definition) is 5. The third-order valence-electron chi connectivity index (χ3n) is 5.56. The van der Waals surface area contributed by atoms with Gasteiger partial charge in [0.25, 0.3) is 0 Å². The monoisotopic (exact) mass is 406 g/mol. The van der Waals surface area contributed by atoms with E-state index in [4.69, 9.17) is 14.2 Å². The fourth-order valence-electron chi connectivity index (χ4n) is 4.02. The van der Waals surface area contributed by atoms with Crippen LogP contribution in [-0.4, -0.2) is 48.5 Å². The molecule has 0 aromatic heterocycles. The van der Waals surface area contributed by atoms with Crippen LogP contribution >= 0.6 is 0 Å². The van der Waals surface area contributed by atoms with Gasteiger partial charge in [-0.05, 0) is 16.7 Å². The van der Waals surface area contributed by atoms with Crippen molar-refractivity contribution < 1.29 is 24.4 Å². The number of aliphatic hydroxyl groups excluding tert-OH is 2. The number of rotatable bonds is 7. The van der Waals surface area contributed by atoms with Gasteiger partial charge in [0.1, 0.15) is 23.9 Å². The van der Waals surface area contributed by atoms with Crippen LogP contribution in [0.4, 0.5) is 0 Å². The molecule has 1 aliphatic heterocycles. The van der Waals surface area contributed by atoms with Crippen molar-refractivity contribution >= 4 is 0 Å². The third-order valence-corrected chi connectivity index (χ3v) is 5.56. The van der Waals surface area contributed by atoms with Gasteiger partial charge in [0.05, 0.1) is 6.61 Å². The molecule has 1 saturated heterocycles. The first-order chi connectivity index (χ1) is 14.7. The normalized spacial score (nSPS) is 24.1. The second-order valence-corrected chi connectivity index (χ2v) is 7.35. The Kier molecular flexibility index (Phi) is 6.27. The lowest BCUT2D eigenvalue weighted by Crippen LogP contribution is -2.39. The van der Waals surface area contributed by atoms with Gasteiger partial charge in [-0.15, -0.1) is 0 Å². The Morgan fingerprint density at radius 1 is 0.733 bits per heavy atom. The van der Waals surface area contributed by atoms with E-state index in [-0.39, 0.29) is 6.61 Å². The van der Waals surface area contributed by atoms with Crippen LogP contribution in [0.15, 0.2) is 91.0 Å². The van der Waals surface area contributed by atoms with Crippen molar-refractivity contribution in [1.29, 1.82) is 0 Å². The van der Waals surface area contributed by atoms with Gasteiger partial charge in [-0.3, -0.25) is 0 Å². The molecule has 0 bridgehead atoms. The standard InChI is InChI=1S/C25H26O5/c1-28-24-23(27)22(26)21(30-24)17-29-25(18-11-5-2-6-12-18,19-13-7-3-8-14-19)20-15-9-4-10-16-20/h2-16,21-24,26-27H,17H2,1H3/t21-,22-,23+,24+/m1/s1. The summed E-state index contributed by atoms with van der Waals surface area (Å²) in [6.45, 7) is 0.0662. The molecule has 156 valence electrons. The highest BCUT2D eigenvalue weighted by Crippen LogP contribution is 2.41. The third kappa shape index (κ3) is 3.78. The number of ether oxygens (including phenoxy) is 3. The summed E-state index contributed by atoms with van der Waals surface area (Å²) in [6.07, 6.45) is -3.83. The zero-order chi connectivity index (χ0) is 21.0. The molecule has 0 aliphatic carbocycles. The molecular weight excluding hydrogens is 380 g/mol. The van der Waals surface area contributed by atoms with E-state index in [2.05, 4.69) is 0 Å². The molecule has 4 rings (SSSR count). The van der Waals surface area contributed by atoms with Gasteiger partial charge >= 0.3 is 0 Å². The molecule has 0 unspecified atom stereocenters. The van der Waals surface area contributed by atoms with Crippen LogP contribution in [0.25, 0.3) is 0 Å². The van der Waals surface area contributed by atoms with Crippen LogP contribution < -0.4 is 0 Å². The maximum absolute atomic E-state index is 10.4. The predicted molar refractivity (Wildman–Crippen MR) is 113 cm³/mol. The van der Waals surface area contributed by atoms with Crippen molar-refractivity contribution in [3.63, 3.8) is 0 Å². The second kappa shape index (κ2) is 9.08. The molecule has 3 aromatic rings. The first-order valence-electron chi connectivity index (χ1n) is 10.0. The molecule has 3 aromatic carbocycles. The van der Waals surface area contributed by atoms with Gasteiger partial charge in [-0.25, -0.2) is 0 Å². The summed E-state index contributed by atoms with van der Waals surface area (Å²) in [6, 6.07) is 29.9. The van der Waals surface area contributed by atoms with Gasteiger partial charge in [0.15, 0.2) is 6.29 Å². The van der Waals surface area contributed by atoms with E-state index < -0.39 is 30.2 Å². The highest BCUT2D eigenvalue weighted by Gasteiger charge is 2.45. The zero-order valence-electron chi connectivity index (χ0n) is 16.8. The maximum atomic E-state index is 10.4. The molecule has 1 heterocycles. The maximum Gasteiger partial charge on any atom is 0.186 e. The molecular formula is C25H26O5. The molecule has 5 nitrogen and oxygen atoms in total. The zero-order valence-corrected chi connectivity index (χ0v) is 16.8. The Labute approximate surface area is 176 Å². The smallest absolute Gasteiger partial charge is 0.186 e. The highest BCUT2D eigenvalue weighted by atomic mass is 16.7. The number of hydrogen-bond donors (Lipinski definition) is 2. The van der Waals surface area contributed by atoms with Crippen molar-refractivity contribution in [3.8, 4) is 0 Å². The molecule has 5 heteroatoms. The Hall–Kier alpha value is -2.54. The van der Waals surface area contributed by atoms with E-state index in [1.807, 2.05) is 91.0 Å². The van der Waals surface area contributed by atoms with Crippen molar-refractivity contribution in [3.05, 3.63) is 108 Å². The second-order valence-electron chi connectivity index (χ2n) is 7.35. The summed E-state index contributed by atoms with van der Waals surface area (Å²) in [5, 5.41) is 20.6. The predicted octanol–water partition coefficient (Wildman–Crippen LogP) is 3.09. The van der Waals surface area contributed by atoms with Crippen LogP contribution in [0.2, 0.25) is 0 Å². The molecule has 1 fully saturated rings. The van der Waals surface area contributed by atoms with E-state index in [1.54, 1.807) is 0 Å². The fraction of sp³-hybridized carbons (Fsp3) is 0.280. The van der Waals surface area contributed by atoms with E-state index in [1.165, 1.54) is 7.11 Å². The molecule has 0 saturated carbocycles. The molecule has 4 atom stereocenters. The fourth-order valence-corrected chi connectivity index (χ4v) is 4.02. The van der Waals surface area contributed by atoms with Gasteiger partial charge in [-0.2, -0.15) is 0 Å². The molecule has 0 amide bonds. The summed E-state index contributed by atoms with van der Waals surface area (Å²) >= 11 is 0. The SMILES string of the molecule is CO[C@H]1O[C@H](COC(c2ccccc2)(c2ccccc2)c2ccccc2)[C@@H](O)[C@@H]1O. The van der Waals surface area contributed by atoms with E-state index >= 15 is 0 Å². The van der Waals surface area contributed by atoms with Crippen molar-refractivity contribution in [1.82, 2.24) is 0 Å². The molecule has 1 aliphatic rings. The molecule has 2 N–H and O–H groups in total. The minimum atomic E-state index is -1.12. The van der Waals surface area contributed by atoms with E-state index in [0.29, 0.717) is 0 Å². The Morgan fingerprint density at radius 2 is 1.17 bits per heavy atom. The van der Waals surface area contributed by atoms with Gasteiger partial charge in [0.2, 0.25) is 0 Å². The minimum absolute atomic E-state index is 0.0662. The summed E-state index contributed by atoms with van der Waals surface area (Å²) in [5.74, 6) is 0. The van der Waals surface area contributed by atoms with Crippen LogP contribution in [0.5, 0.6) is 0 Å². The Balaban J connectivity index is 1.78. The molecule has 0 radical (unpaired) electrons. The highest BCUT2D eigenvalue weighted by molar-refractivity contribution is 5.47. The van der Waals surface area contributed by atoms with Crippen molar-refractivity contribution in [2.45, 2.75) is 30.2 Å². The molecule has 0 spiro atoms. The topological polar surface area (TPSA) is 68.2 Å². The van der Waals surface area contributed by atoms with Crippen LogP contribution in [-0.2, 0) is 19.8 Å². The van der Waals surface area contributed by atoms with Crippen LogP contribution in [0.1, 0.15) is 16.7 Å². The van der Waals surface area contributed by atoms with E-state index in [0.717, 1.165) is 16.7 Å². The summed E-state index contributed by atoms with van der Waals surface area (Å²) in [4.78, 5) is 0. The summed E-state index contributed by atoms with van der Waals surface area (Å²) in [7, 11) is 1.44. The van der Waals surface area contributed by atoms with Crippen LogP contribution in [0, 0.1) is 0 Å². The minimum Gasteiger partial charge on any atom is -0.387 e. The number of aliphatic hydroxyl groups is 2. The lowest BCUT2D eigenvalue weighted by molar-refractivity contribution is -0.162.